The fourth-order valence-corrected chi connectivity index (χ4v) is 1.14. The van der Waals surface area contributed by atoms with E-state index in [0.29, 0.717) is 13.1 Å². The lowest BCUT2D eigenvalue weighted by molar-refractivity contribution is 0.240. The van der Waals surface area contributed by atoms with Gasteiger partial charge in [0.05, 0.1) is 0 Å². The number of amides is 2. The predicted octanol–water partition coefficient (Wildman–Crippen LogP) is 0.705. The van der Waals surface area contributed by atoms with Gasteiger partial charge in [0, 0.05) is 19.6 Å². The normalized spacial score (nSPS) is 9.67. The zero-order valence-electron chi connectivity index (χ0n) is 8.92. The summed E-state index contributed by atoms with van der Waals surface area (Å²) in [6.45, 7) is 1.97. The summed E-state index contributed by atoms with van der Waals surface area (Å²) in [7, 11) is 1.85. The molecule has 0 aliphatic carbocycles. The summed E-state index contributed by atoms with van der Waals surface area (Å²) in [4.78, 5) is 11.2. The second-order valence-electron chi connectivity index (χ2n) is 3.20. The zero-order valence-corrected chi connectivity index (χ0v) is 8.92. The molecule has 3 N–H and O–H groups in total. The topological polar surface area (TPSA) is 53.2 Å². The number of likely N-dealkylation sites (N-methyl/N-ethyl adjacent to an activating group) is 1. The van der Waals surface area contributed by atoms with Gasteiger partial charge in [0.25, 0.3) is 0 Å². The fourth-order valence-electron chi connectivity index (χ4n) is 1.14. The maximum Gasteiger partial charge on any atom is 0.315 e. The molecule has 0 unspecified atom stereocenters. The number of hydrogen-bond donors (Lipinski definition) is 3. The first kappa shape index (κ1) is 11.5. The van der Waals surface area contributed by atoms with Crippen molar-refractivity contribution < 1.29 is 4.79 Å². The molecule has 0 aromatic heterocycles. The van der Waals surface area contributed by atoms with Gasteiger partial charge in [-0.05, 0) is 12.6 Å². The fraction of sp³-hybridized carbons (Fsp3) is 0.364. The third-order valence-electron chi connectivity index (χ3n) is 1.96. The van der Waals surface area contributed by atoms with Crippen LogP contribution in [0.3, 0.4) is 0 Å². The van der Waals surface area contributed by atoms with Crippen molar-refractivity contribution in [2.24, 2.45) is 0 Å². The summed E-state index contributed by atoms with van der Waals surface area (Å²) in [5.74, 6) is 0. The molecule has 0 aliphatic heterocycles. The van der Waals surface area contributed by atoms with Crippen LogP contribution in [0.25, 0.3) is 0 Å². The SMILES string of the molecule is CNCCNC(=O)NCc1ccccc1. The van der Waals surface area contributed by atoms with Crippen molar-refractivity contribution in [2.45, 2.75) is 6.54 Å². The van der Waals surface area contributed by atoms with Crippen molar-refractivity contribution in [2.75, 3.05) is 20.1 Å². The van der Waals surface area contributed by atoms with Gasteiger partial charge in [-0.1, -0.05) is 30.3 Å². The molecule has 0 fully saturated rings. The average molecular weight is 207 g/mol. The number of urea groups is 1. The Labute approximate surface area is 90.1 Å². The monoisotopic (exact) mass is 207 g/mol. The van der Waals surface area contributed by atoms with Crippen molar-refractivity contribution in [1.29, 1.82) is 0 Å². The molecule has 0 bridgehead atoms. The van der Waals surface area contributed by atoms with Crippen LogP contribution in [0, 0.1) is 0 Å². The van der Waals surface area contributed by atoms with Crippen LogP contribution in [-0.4, -0.2) is 26.2 Å². The number of nitrogens with one attached hydrogen (secondary N) is 3. The van der Waals surface area contributed by atoms with E-state index in [9.17, 15) is 4.79 Å². The molecule has 1 aromatic carbocycles. The van der Waals surface area contributed by atoms with Crippen LogP contribution in [0.15, 0.2) is 30.3 Å². The van der Waals surface area contributed by atoms with Crippen LogP contribution in [0.5, 0.6) is 0 Å². The number of hydrogen-bond acceptors (Lipinski definition) is 2. The van der Waals surface area contributed by atoms with E-state index in [1.165, 1.54) is 0 Å². The molecule has 4 heteroatoms. The van der Waals surface area contributed by atoms with Crippen molar-refractivity contribution in [3.05, 3.63) is 35.9 Å². The summed E-state index contributed by atoms with van der Waals surface area (Å²) < 4.78 is 0. The minimum absolute atomic E-state index is 0.130. The Morgan fingerprint density at radius 2 is 1.87 bits per heavy atom. The third-order valence-corrected chi connectivity index (χ3v) is 1.96. The second kappa shape index (κ2) is 6.84. The van der Waals surface area contributed by atoms with Gasteiger partial charge in [0.15, 0.2) is 0 Å². The van der Waals surface area contributed by atoms with E-state index < -0.39 is 0 Å². The van der Waals surface area contributed by atoms with Gasteiger partial charge in [-0.25, -0.2) is 4.79 Å². The van der Waals surface area contributed by atoms with Crippen molar-refractivity contribution in [3.8, 4) is 0 Å². The molecule has 0 atom stereocenters. The largest absolute Gasteiger partial charge is 0.337 e. The Morgan fingerprint density at radius 1 is 1.13 bits per heavy atom. The van der Waals surface area contributed by atoms with E-state index in [0.717, 1.165) is 12.1 Å². The summed E-state index contributed by atoms with van der Waals surface area (Å²) in [5, 5.41) is 8.48. The lowest BCUT2D eigenvalue weighted by Gasteiger charge is -2.07. The lowest BCUT2D eigenvalue weighted by atomic mass is 10.2. The number of carbonyl (C=O) groups excluding carboxylic acids is 1. The van der Waals surface area contributed by atoms with Gasteiger partial charge in [-0.3, -0.25) is 0 Å². The second-order valence-corrected chi connectivity index (χ2v) is 3.20. The number of rotatable bonds is 5. The molecule has 4 nitrogen and oxygen atoms in total. The molecule has 82 valence electrons. The Bertz CT molecular complexity index is 287. The van der Waals surface area contributed by atoms with E-state index in [2.05, 4.69) is 16.0 Å². The first-order valence-electron chi connectivity index (χ1n) is 5.03. The molecule has 1 aromatic rings. The van der Waals surface area contributed by atoms with E-state index in [1.54, 1.807) is 0 Å². The van der Waals surface area contributed by atoms with Crippen LogP contribution in [0.1, 0.15) is 5.56 Å². The minimum atomic E-state index is -0.130. The third kappa shape index (κ3) is 5.02. The smallest absolute Gasteiger partial charge is 0.315 e. The van der Waals surface area contributed by atoms with Gasteiger partial charge >= 0.3 is 6.03 Å². The highest BCUT2D eigenvalue weighted by Crippen LogP contribution is 1.96. The van der Waals surface area contributed by atoms with Crippen LogP contribution in [-0.2, 0) is 6.54 Å². The Morgan fingerprint density at radius 3 is 2.53 bits per heavy atom. The molecular formula is C11H17N3O. The highest BCUT2D eigenvalue weighted by atomic mass is 16.2. The maximum atomic E-state index is 11.2. The first-order valence-corrected chi connectivity index (χ1v) is 5.03. The van der Waals surface area contributed by atoms with Gasteiger partial charge < -0.3 is 16.0 Å². The van der Waals surface area contributed by atoms with Gasteiger partial charge in [0.2, 0.25) is 0 Å². The van der Waals surface area contributed by atoms with E-state index in [4.69, 9.17) is 0 Å². The zero-order chi connectivity index (χ0) is 10.9. The van der Waals surface area contributed by atoms with Crippen molar-refractivity contribution in [1.82, 2.24) is 16.0 Å². The van der Waals surface area contributed by atoms with E-state index in [-0.39, 0.29) is 6.03 Å². The molecule has 1 rings (SSSR count). The molecule has 15 heavy (non-hydrogen) atoms. The Balaban J connectivity index is 2.17. The summed E-state index contributed by atoms with van der Waals surface area (Å²) >= 11 is 0. The molecule has 0 saturated heterocycles. The molecule has 0 heterocycles. The quantitative estimate of drug-likeness (QED) is 0.623. The predicted molar refractivity (Wildman–Crippen MR) is 60.6 cm³/mol. The highest BCUT2D eigenvalue weighted by molar-refractivity contribution is 5.73. The molecule has 0 aliphatic rings. The summed E-state index contributed by atoms with van der Waals surface area (Å²) in [5.41, 5.74) is 1.10. The molecule has 2 amide bonds. The van der Waals surface area contributed by atoms with Crippen LogP contribution in [0.4, 0.5) is 4.79 Å². The van der Waals surface area contributed by atoms with Crippen LogP contribution >= 0.6 is 0 Å². The van der Waals surface area contributed by atoms with Crippen LogP contribution < -0.4 is 16.0 Å². The van der Waals surface area contributed by atoms with Crippen molar-refractivity contribution >= 4 is 6.03 Å². The van der Waals surface area contributed by atoms with Gasteiger partial charge in [0.1, 0.15) is 0 Å². The molecule has 0 spiro atoms. The van der Waals surface area contributed by atoms with E-state index >= 15 is 0 Å². The molecule has 0 saturated carbocycles. The first-order chi connectivity index (χ1) is 7.33. The highest BCUT2D eigenvalue weighted by Gasteiger charge is 1.97. The minimum Gasteiger partial charge on any atom is -0.337 e. The van der Waals surface area contributed by atoms with E-state index in [1.807, 2.05) is 37.4 Å². The Kier molecular flexibility index (Phi) is 5.25. The summed E-state index contributed by atoms with van der Waals surface area (Å²) in [6.07, 6.45) is 0. The average Bonchev–Trinajstić information content (AvgIpc) is 2.28. The standard InChI is InChI=1S/C11H17N3O/c1-12-7-8-13-11(15)14-9-10-5-3-2-4-6-10/h2-6,12H,7-9H2,1H3,(H2,13,14,15). The Hall–Kier alpha value is -1.55. The molecule has 0 radical (unpaired) electrons. The van der Waals surface area contributed by atoms with Gasteiger partial charge in [-0.2, -0.15) is 0 Å². The van der Waals surface area contributed by atoms with Gasteiger partial charge in [-0.15, -0.1) is 0 Å². The number of benzene rings is 1. The lowest BCUT2D eigenvalue weighted by Crippen LogP contribution is -2.38. The number of carbonyl (C=O) groups is 1. The maximum absolute atomic E-state index is 11.2. The summed E-state index contributed by atoms with van der Waals surface area (Å²) in [6, 6.07) is 9.69. The molecular weight excluding hydrogens is 190 g/mol. The van der Waals surface area contributed by atoms with Crippen LogP contribution in [0.2, 0.25) is 0 Å². The van der Waals surface area contributed by atoms with Crippen molar-refractivity contribution in [3.63, 3.8) is 0 Å².